The molecule has 21 heavy (non-hydrogen) atoms. The Morgan fingerprint density at radius 2 is 1.62 bits per heavy atom. The lowest BCUT2D eigenvalue weighted by molar-refractivity contribution is 1.48. The molecule has 0 fully saturated rings. The van der Waals surface area contributed by atoms with Gasteiger partial charge < -0.3 is 11.5 Å². The molecule has 4 N–H and O–H groups in total. The molecule has 0 saturated heterocycles. The van der Waals surface area contributed by atoms with Crippen LogP contribution in [0.3, 0.4) is 0 Å². The number of nitriles is 1. The highest BCUT2D eigenvalue weighted by Gasteiger charge is 2.08. The molecule has 102 valence electrons. The molecule has 2 aromatic carbocycles. The summed E-state index contributed by atoms with van der Waals surface area (Å²) in [6, 6.07) is 17.4. The monoisotopic (exact) mass is 291 g/mol. The Kier molecular flexibility index (Phi) is 3.35. The molecule has 3 aromatic rings. The minimum atomic E-state index is 0.618. The first-order chi connectivity index (χ1) is 10.2. The maximum absolute atomic E-state index is 9.21. The molecule has 3 nitrogen and oxygen atoms in total. The average molecular weight is 291 g/mol. The van der Waals surface area contributed by atoms with Gasteiger partial charge in [0.1, 0.15) is 0 Å². The molecule has 0 radical (unpaired) electrons. The van der Waals surface area contributed by atoms with Crippen molar-refractivity contribution in [1.82, 2.24) is 0 Å². The predicted octanol–water partition coefficient (Wildman–Crippen LogP) is 4.12. The number of benzene rings is 2. The van der Waals surface area contributed by atoms with Gasteiger partial charge in [-0.3, -0.25) is 0 Å². The highest BCUT2D eigenvalue weighted by atomic mass is 32.1. The first-order valence-electron chi connectivity index (χ1n) is 6.42. The molecule has 4 heteroatoms. The Labute approximate surface area is 127 Å². The quantitative estimate of drug-likeness (QED) is 0.697. The third-order valence-electron chi connectivity index (χ3n) is 3.32. The first-order valence-corrected chi connectivity index (χ1v) is 7.30. The molecule has 0 aliphatic rings. The molecule has 0 amide bonds. The van der Waals surface area contributed by atoms with Crippen molar-refractivity contribution in [2.75, 3.05) is 11.5 Å². The zero-order valence-corrected chi connectivity index (χ0v) is 12.0. The summed E-state index contributed by atoms with van der Waals surface area (Å²) in [5.74, 6) is 0. The zero-order chi connectivity index (χ0) is 14.8. The number of anilines is 2. The summed E-state index contributed by atoms with van der Waals surface area (Å²) in [4.78, 5) is 1.06. The van der Waals surface area contributed by atoms with Crippen LogP contribution in [0, 0.1) is 11.3 Å². The number of nitrogens with two attached hydrogens (primary N) is 2. The van der Waals surface area contributed by atoms with Crippen molar-refractivity contribution in [3.63, 3.8) is 0 Å². The van der Waals surface area contributed by atoms with E-state index in [1.54, 1.807) is 23.5 Å². The van der Waals surface area contributed by atoms with Gasteiger partial charge in [0.15, 0.2) is 0 Å². The van der Waals surface area contributed by atoms with E-state index in [1.807, 2.05) is 41.8 Å². The largest absolute Gasteiger partial charge is 0.399 e. The van der Waals surface area contributed by atoms with Crippen molar-refractivity contribution in [2.45, 2.75) is 0 Å². The molecule has 0 aliphatic carbocycles. The van der Waals surface area contributed by atoms with E-state index < -0.39 is 0 Å². The molecule has 0 bridgehead atoms. The van der Waals surface area contributed by atoms with Crippen molar-refractivity contribution in [3.8, 4) is 27.6 Å². The van der Waals surface area contributed by atoms with Gasteiger partial charge in [-0.1, -0.05) is 24.3 Å². The van der Waals surface area contributed by atoms with Crippen LogP contribution in [0.25, 0.3) is 21.6 Å². The number of rotatable bonds is 2. The fourth-order valence-corrected chi connectivity index (χ4v) is 3.08. The highest BCUT2D eigenvalue weighted by Crippen LogP contribution is 2.33. The van der Waals surface area contributed by atoms with Gasteiger partial charge in [-0.2, -0.15) is 5.26 Å². The number of thiophene rings is 1. The Morgan fingerprint density at radius 3 is 2.24 bits per heavy atom. The standard InChI is InChI=1S/C17H13N3S/c18-10-13-5-6-14(19)9-15(13)11-1-3-12(4-2-11)17-16(20)7-8-21-17/h1-9H,19-20H2. The van der Waals surface area contributed by atoms with Gasteiger partial charge in [0.25, 0.3) is 0 Å². The lowest BCUT2D eigenvalue weighted by atomic mass is 9.98. The maximum atomic E-state index is 9.21. The van der Waals surface area contributed by atoms with E-state index in [1.165, 1.54) is 0 Å². The number of hydrogen-bond donors (Lipinski definition) is 2. The van der Waals surface area contributed by atoms with Crippen molar-refractivity contribution >= 4 is 22.7 Å². The molecular formula is C17H13N3S. The van der Waals surface area contributed by atoms with E-state index in [2.05, 4.69) is 6.07 Å². The van der Waals surface area contributed by atoms with Crippen LogP contribution in [0.15, 0.2) is 53.9 Å². The van der Waals surface area contributed by atoms with Gasteiger partial charge >= 0.3 is 0 Å². The fourth-order valence-electron chi connectivity index (χ4n) is 2.25. The summed E-state index contributed by atoms with van der Waals surface area (Å²) in [7, 11) is 0. The lowest BCUT2D eigenvalue weighted by Crippen LogP contribution is -1.90. The summed E-state index contributed by atoms with van der Waals surface area (Å²) in [6.07, 6.45) is 0. The summed E-state index contributed by atoms with van der Waals surface area (Å²) in [6.45, 7) is 0. The molecule has 0 aliphatic heterocycles. The van der Waals surface area contributed by atoms with Crippen LogP contribution in [0.2, 0.25) is 0 Å². The molecule has 1 aromatic heterocycles. The lowest BCUT2D eigenvalue weighted by Gasteiger charge is -2.07. The van der Waals surface area contributed by atoms with Crippen molar-refractivity contribution in [3.05, 3.63) is 59.5 Å². The van der Waals surface area contributed by atoms with Gasteiger partial charge in [0, 0.05) is 11.3 Å². The Hall–Kier alpha value is -2.77. The molecule has 3 rings (SSSR count). The van der Waals surface area contributed by atoms with E-state index in [0.717, 1.165) is 27.3 Å². The van der Waals surface area contributed by atoms with Crippen molar-refractivity contribution in [1.29, 1.82) is 5.26 Å². The third-order valence-corrected chi connectivity index (χ3v) is 4.30. The summed E-state index contributed by atoms with van der Waals surface area (Å²) < 4.78 is 0. The molecular weight excluding hydrogens is 278 g/mol. The first kappa shape index (κ1) is 13.2. The van der Waals surface area contributed by atoms with Crippen LogP contribution in [0.1, 0.15) is 5.56 Å². The van der Waals surface area contributed by atoms with Gasteiger partial charge in [0.05, 0.1) is 22.2 Å². The van der Waals surface area contributed by atoms with Crippen LogP contribution in [-0.2, 0) is 0 Å². The summed E-state index contributed by atoms with van der Waals surface area (Å²) in [5.41, 5.74) is 16.7. The van der Waals surface area contributed by atoms with Gasteiger partial charge in [0.2, 0.25) is 0 Å². The van der Waals surface area contributed by atoms with Gasteiger partial charge in [-0.25, -0.2) is 0 Å². The summed E-state index contributed by atoms with van der Waals surface area (Å²) >= 11 is 1.62. The van der Waals surface area contributed by atoms with Crippen LogP contribution in [-0.4, -0.2) is 0 Å². The third kappa shape index (κ3) is 2.47. The highest BCUT2D eigenvalue weighted by molar-refractivity contribution is 7.14. The van der Waals surface area contributed by atoms with Crippen molar-refractivity contribution in [2.24, 2.45) is 0 Å². The zero-order valence-electron chi connectivity index (χ0n) is 11.2. The maximum Gasteiger partial charge on any atom is 0.0998 e. The topological polar surface area (TPSA) is 75.8 Å². The Morgan fingerprint density at radius 1 is 0.905 bits per heavy atom. The minimum Gasteiger partial charge on any atom is -0.399 e. The molecule has 0 atom stereocenters. The number of hydrogen-bond acceptors (Lipinski definition) is 4. The van der Waals surface area contributed by atoms with E-state index in [0.29, 0.717) is 11.3 Å². The van der Waals surface area contributed by atoms with Crippen LogP contribution in [0.4, 0.5) is 11.4 Å². The molecule has 1 heterocycles. The second kappa shape index (κ2) is 5.31. The molecule has 0 saturated carbocycles. The minimum absolute atomic E-state index is 0.618. The van der Waals surface area contributed by atoms with Crippen LogP contribution in [0.5, 0.6) is 0 Å². The van der Waals surface area contributed by atoms with Gasteiger partial charge in [-0.15, -0.1) is 11.3 Å². The van der Waals surface area contributed by atoms with Crippen molar-refractivity contribution < 1.29 is 0 Å². The van der Waals surface area contributed by atoms with Crippen LogP contribution >= 0.6 is 11.3 Å². The average Bonchev–Trinajstić information content (AvgIpc) is 2.93. The Bertz CT molecular complexity index is 826. The van der Waals surface area contributed by atoms with Crippen LogP contribution < -0.4 is 11.5 Å². The SMILES string of the molecule is N#Cc1ccc(N)cc1-c1ccc(-c2sccc2N)cc1. The normalized spacial score (nSPS) is 10.2. The second-order valence-corrected chi connectivity index (χ2v) is 5.62. The Balaban J connectivity index is 2.04. The van der Waals surface area contributed by atoms with E-state index in [4.69, 9.17) is 11.5 Å². The summed E-state index contributed by atoms with van der Waals surface area (Å²) in [5, 5.41) is 11.2. The molecule has 0 unspecified atom stereocenters. The number of nitrogens with zero attached hydrogens (tertiary/aromatic N) is 1. The smallest absolute Gasteiger partial charge is 0.0998 e. The number of nitrogen functional groups attached to an aromatic ring is 2. The second-order valence-electron chi connectivity index (χ2n) is 4.70. The van der Waals surface area contributed by atoms with E-state index in [9.17, 15) is 5.26 Å². The van der Waals surface area contributed by atoms with E-state index >= 15 is 0 Å². The molecule has 0 spiro atoms. The van der Waals surface area contributed by atoms with Gasteiger partial charge in [-0.05, 0) is 40.8 Å². The fraction of sp³-hybridized carbons (Fsp3) is 0. The predicted molar refractivity (Wildman–Crippen MR) is 88.7 cm³/mol. The van der Waals surface area contributed by atoms with E-state index in [-0.39, 0.29) is 0 Å².